The lowest BCUT2D eigenvalue weighted by Gasteiger charge is -2.25. The van der Waals surface area contributed by atoms with Crippen molar-refractivity contribution in [1.82, 2.24) is 89.0 Å². The second-order valence-corrected chi connectivity index (χ2v) is 32.9. The Labute approximate surface area is 860 Å². The summed E-state index contributed by atoms with van der Waals surface area (Å²) in [6.07, 6.45) is 14.2. The molecule has 0 spiro atoms. The van der Waals surface area contributed by atoms with Crippen LogP contribution in [0.3, 0.4) is 0 Å². The topological polar surface area (TPSA) is 373 Å². The number of anilines is 8. The summed E-state index contributed by atoms with van der Waals surface area (Å²) in [6, 6.07) is 66.0. The minimum atomic E-state index is -4.63. The fourth-order valence-electron chi connectivity index (χ4n) is 15.7. The van der Waals surface area contributed by atoms with Crippen LogP contribution >= 0.6 is 0 Å². The summed E-state index contributed by atoms with van der Waals surface area (Å²) in [4.78, 5) is 53.5. The van der Waals surface area contributed by atoms with Gasteiger partial charge < -0.3 is 72.1 Å². The first kappa shape index (κ1) is 103. The van der Waals surface area contributed by atoms with Crippen LogP contribution in [0.25, 0.3) is 89.2 Å². The van der Waals surface area contributed by atoms with Gasteiger partial charge in [-0.2, -0.15) is 54.1 Å². The number of aliphatic hydroxyl groups excluding tert-OH is 1. The van der Waals surface area contributed by atoms with Crippen molar-refractivity contribution in [2.45, 2.75) is 6.18 Å². The fraction of sp³-hybridized carbons (Fsp3) is 0.179. The largest absolute Gasteiger partial charge is 0.497 e. The number of nitriles is 2. The molecule has 0 aliphatic heterocycles. The Morgan fingerprint density at radius 1 is 0.327 bits per heavy atom. The van der Waals surface area contributed by atoms with Crippen molar-refractivity contribution in [3.63, 3.8) is 0 Å². The Morgan fingerprint density at radius 3 is 1.03 bits per heavy atom. The van der Waals surface area contributed by atoms with Gasteiger partial charge in [-0.05, 0) is 115 Å². The molecule has 0 amide bonds. The maximum atomic E-state index is 13.5. The Balaban J connectivity index is 0.000000143. The van der Waals surface area contributed by atoms with E-state index >= 15 is 0 Å². The molecule has 19 rings (SSSR count). The number of halogens is 3. The predicted octanol–water partition coefficient (Wildman–Crippen LogP) is 18.5. The van der Waals surface area contributed by atoms with Crippen LogP contribution < -0.4 is 67.0 Å². The summed E-state index contributed by atoms with van der Waals surface area (Å²) >= 11 is 0. The van der Waals surface area contributed by atoms with Crippen molar-refractivity contribution in [3.8, 4) is 151 Å². The van der Waals surface area contributed by atoms with Crippen molar-refractivity contribution in [2.24, 2.45) is 28.2 Å². The van der Waals surface area contributed by atoms with Crippen LogP contribution in [0, 0.1) is 58.2 Å². The van der Waals surface area contributed by atoms with Crippen LogP contribution in [0.2, 0.25) is 0 Å². The SMILES string of the molecule is COc1cc(OC)cc(N(CC#Cc2cc(OC)nc(OC)n2)c2ccc3ncc(-c4cnn(C)c4)nc3c2)c1.COc1cc(OC)cc(N(CC#Cc2ccc(C#N)cc2)c2ccc3ncc(-c4cnn(C)c4)nc3c2)c1.COc1cc(OC)cc(N(CC#Cc2ccccc2C#N)c2ccc3ncc(-c4cnn(C)c4)nc3c2)c1.COc1cc(OC)cc(N(CCO)c2ccc3ncc(-c4cn(C)nc4C(F)(F)F)nc3c2)c1. The van der Waals surface area contributed by atoms with Crippen LogP contribution in [-0.4, -0.2) is 198 Å². The lowest BCUT2D eigenvalue weighted by Crippen LogP contribution is -2.21. The maximum Gasteiger partial charge on any atom is 0.435 e. The second kappa shape index (κ2) is 47.5. The van der Waals surface area contributed by atoms with Crippen molar-refractivity contribution >= 4 is 89.6 Å². The molecule has 0 atom stereocenters. The summed E-state index contributed by atoms with van der Waals surface area (Å²) in [5, 5.41) is 44.4. The number of benzene rings is 10. The van der Waals surface area contributed by atoms with E-state index in [2.05, 4.69) is 108 Å². The maximum absolute atomic E-state index is 13.5. The van der Waals surface area contributed by atoms with E-state index < -0.39 is 11.9 Å². The summed E-state index contributed by atoms with van der Waals surface area (Å²) in [7, 11) is 22.8. The molecule has 0 bridgehead atoms. The minimum absolute atomic E-state index is 0.0573. The molecule has 150 heavy (non-hydrogen) atoms. The van der Waals surface area contributed by atoms with Crippen molar-refractivity contribution in [2.75, 3.05) is 123 Å². The zero-order valence-electron chi connectivity index (χ0n) is 83.8. The molecule has 0 fully saturated rings. The lowest BCUT2D eigenvalue weighted by atomic mass is 10.1. The fourth-order valence-corrected chi connectivity index (χ4v) is 15.7. The summed E-state index contributed by atoms with van der Waals surface area (Å²) in [5.74, 6) is 24.6. The first-order chi connectivity index (χ1) is 72.8. The Kier molecular flexibility index (Phi) is 32.6. The summed E-state index contributed by atoms with van der Waals surface area (Å²) in [6.45, 7) is 1.14. The van der Waals surface area contributed by atoms with Gasteiger partial charge >= 0.3 is 12.2 Å². The number of aromatic nitrogens is 18. The van der Waals surface area contributed by atoms with E-state index in [1.165, 1.54) is 47.9 Å². The van der Waals surface area contributed by atoms with Gasteiger partial charge in [0.15, 0.2) is 5.69 Å². The van der Waals surface area contributed by atoms with E-state index in [0.717, 1.165) is 111 Å². The van der Waals surface area contributed by atoms with E-state index in [1.54, 1.807) is 155 Å². The molecule has 9 aromatic heterocycles. The van der Waals surface area contributed by atoms with Crippen LogP contribution in [0.15, 0.2) is 268 Å². The summed E-state index contributed by atoms with van der Waals surface area (Å²) in [5.41, 5.74) is 18.8. The van der Waals surface area contributed by atoms with Gasteiger partial charge in [0.2, 0.25) is 5.88 Å². The van der Waals surface area contributed by atoms with Gasteiger partial charge in [-0.15, -0.1) is 0 Å². The highest BCUT2D eigenvalue weighted by atomic mass is 19.4. The third-order valence-electron chi connectivity index (χ3n) is 23.2. The number of aliphatic hydroxyl groups is 1. The van der Waals surface area contributed by atoms with Crippen molar-refractivity contribution in [3.05, 3.63) is 302 Å². The molecule has 0 saturated heterocycles. The van der Waals surface area contributed by atoms with Crippen LogP contribution in [-0.2, 0) is 34.4 Å². The van der Waals surface area contributed by atoms with E-state index in [1.807, 2.05) is 194 Å². The number of hydrogen-bond acceptors (Lipinski definition) is 31. The molecular formula is C112H97F3N24O11. The van der Waals surface area contributed by atoms with Gasteiger partial charge in [0.25, 0.3) is 0 Å². The first-order valence-electron chi connectivity index (χ1n) is 46.1. The number of ether oxygens (including phenoxy) is 10. The van der Waals surface area contributed by atoms with Gasteiger partial charge in [-0.3, -0.25) is 38.7 Å². The molecule has 19 aromatic rings. The average molecular weight is 2010 g/mol. The molecule has 1 N–H and O–H groups in total. The standard InChI is InChI=1S/2C30H24N6O2.C29H27N7O4.C23H22F3N5O3/c1-35-20-23(18-33-35)30-19-32-28-11-10-24(15-29(28)34-30)36(25-13-26(37-2)16-27(14-25)38-3)12-4-5-21-6-8-22(17-31)9-7-21;1-35-20-23(18-33-35)30-19-32-28-11-10-24(15-29(28)34-30)36(25-13-26(37-2)16-27(14-25)38-3)12-6-9-21-7-4-5-8-22(21)17-31;1-35-18-19(16-31-35)27-17-30-25-9-8-21(14-26(25)33-27)36(22-12-23(37-2)15-24(13-22)38-3)10-6-7-20-11-28(39-4)34-29(32-20)40-5;1-30-13-18(22(29-30)23(24,25)26)21-12-27-19-5-4-14(10-20(19)28-21)31(6-7-32)15-8-16(33-2)11-17(9-15)34-3/h6-11,13-16,18-20H,12H2,1-3H3;4-5,7-8,10-11,13-16,18-20H,12H2,1-3H3;8-9,11-18H,10H2,1-5H3;4-5,8-13,32H,6-7H2,1-3H3. The number of rotatable bonds is 27. The van der Waals surface area contributed by atoms with Gasteiger partial charge in [-0.25, -0.2) is 19.9 Å². The predicted molar refractivity (Wildman–Crippen MR) is 563 cm³/mol. The third-order valence-corrected chi connectivity index (χ3v) is 23.2. The van der Waals surface area contributed by atoms with Gasteiger partial charge in [0.05, 0.1) is 230 Å². The zero-order valence-corrected chi connectivity index (χ0v) is 83.8. The summed E-state index contributed by atoms with van der Waals surface area (Å²) < 4.78 is 101. The highest BCUT2D eigenvalue weighted by Crippen LogP contribution is 2.42. The zero-order chi connectivity index (χ0) is 105. The quantitative estimate of drug-likeness (QED) is 0.0467. The smallest absolute Gasteiger partial charge is 0.435 e. The number of methoxy groups -OCH3 is 10. The monoisotopic (exact) mass is 2010 g/mol. The molecule has 9 heterocycles. The molecule has 0 aliphatic carbocycles. The van der Waals surface area contributed by atoms with E-state index in [9.17, 15) is 23.5 Å². The molecule has 0 saturated carbocycles. The van der Waals surface area contributed by atoms with Gasteiger partial charge in [0.1, 0.15) is 57.8 Å². The van der Waals surface area contributed by atoms with Gasteiger partial charge in [0, 0.05) is 212 Å². The first-order valence-corrected chi connectivity index (χ1v) is 46.1. The molecule has 0 radical (unpaired) electrons. The molecule has 35 nitrogen and oxygen atoms in total. The van der Waals surface area contributed by atoms with Crippen molar-refractivity contribution in [1.29, 1.82) is 10.5 Å². The lowest BCUT2D eigenvalue weighted by molar-refractivity contribution is -0.141. The number of hydrogen-bond donors (Lipinski definition) is 1. The third kappa shape index (κ3) is 25.1. The van der Waals surface area contributed by atoms with E-state index in [-0.39, 0.29) is 30.4 Å². The molecular weight excluding hydrogens is 1910 g/mol. The second-order valence-electron chi connectivity index (χ2n) is 32.9. The van der Waals surface area contributed by atoms with Gasteiger partial charge in [-0.1, -0.05) is 41.7 Å². The van der Waals surface area contributed by atoms with E-state index in [0.29, 0.717) is 116 Å². The number of fused-ring (bicyclic) bond motifs is 4. The van der Waals surface area contributed by atoms with E-state index in [4.69, 9.17) is 67.6 Å². The normalized spacial score (nSPS) is 10.7. The molecule has 38 heteroatoms. The molecule has 0 aliphatic rings. The molecule has 752 valence electrons. The number of nitrogens with zero attached hydrogens (tertiary/aromatic N) is 24. The Bertz CT molecular complexity index is 8310. The number of aryl methyl sites for hydroxylation is 4. The highest BCUT2D eigenvalue weighted by Gasteiger charge is 2.38. The molecule has 0 unspecified atom stereocenters. The Hall–Kier alpha value is -19.9. The highest BCUT2D eigenvalue weighted by molar-refractivity contribution is 5.88. The van der Waals surface area contributed by atoms with Crippen LogP contribution in [0.1, 0.15) is 33.6 Å². The Morgan fingerprint density at radius 2 is 0.680 bits per heavy atom. The van der Waals surface area contributed by atoms with Crippen LogP contribution in [0.4, 0.5) is 58.7 Å². The molecule has 10 aromatic carbocycles. The number of alkyl halides is 3. The minimum Gasteiger partial charge on any atom is -0.497 e. The average Bonchev–Trinajstić information content (AvgIpc) is 1.50. The van der Waals surface area contributed by atoms with Crippen LogP contribution in [0.5, 0.6) is 57.9 Å². The van der Waals surface area contributed by atoms with Crippen molar-refractivity contribution < 1.29 is 65.6 Å².